The van der Waals surface area contributed by atoms with Gasteiger partial charge in [0.2, 0.25) is 0 Å². The van der Waals surface area contributed by atoms with Gasteiger partial charge >= 0.3 is 12.0 Å². The summed E-state index contributed by atoms with van der Waals surface area (Å²) in [6.07, 6.45) is -1.59. The summed E-state index contributed by atoms with van der Waals surface area (Å²) < 4.78 is 0. The highest BCUT2D eigenvalue weighted by atomic mass is 16.4. The predicted molar refractivity (Wildman–Crippen MR) is 48.5 cm³/mol. The van der Waals surface area contributed by atoms with Crippen LogP contribution in [0.3, 0.4) is 0 Å². The number of carbonyl (C=O) groups excluding carboxylic acids is 1. The van der Waals surface area contributed by atoms with E-state index in [9.17, 15) is 9.59 Å². The van der Waals surface area contributed by atoms with E-state index in [1.54, 1.807) is 6.92 Å². The summed E-state index contributed by atoms with van der Waals surface area (Å²) in [7, 11) is 0. The number of carboxylic acids is 1. The molecule has 2 amide bonds. The van der Waals surface area contributed by atoms with Crippen LogP contribution < -0.4 is 10.6 Å². The van der Waals surface area contributed by atoms with Crippen molar-refractivity contribution in [2.24, 2.45) is 0 Å². The highest BCUT2D eigenvalue weighted by molar-refractivity contribution is 5.76. The Morgan fingerprint density at radius 2 is 2.07 bits per heavy atom. The lowest BCUT2D eigenvalue weighted by molar-refractivity contribution is -0.146. The van der Waals surface area contributed by atoms with Crippen molar-refractivity contribution in [2.45, 2.75) is 13.0 Å². The molecule has 0 bridgehead atoms. The van der Waals surface area contributed by atoms with Gasteiger partial charge in [-0.15, -0.1) is 5.92 Å². The Bertz CT molecular complexity index is 266. The lowest BCUT2D eigenvalue weighted by atomic mass is 10.4. The van der Waals surface area contributed by atoms with E-state index in [0.717, 1.165) is 0 Å². The highest BCUT2D eigenvalue weighted by Crippen LogP contribution is 1.79. The van der Waals surface area contributed by atoms with Crippen molar-refractivity contribution < 1.29 is 19.8 Å². The van der Waals surface area contributed by atoms with Gasteiger partial charge in [-0.1, -0.05) is 5.92 Å². The standard InChI is InChI=1S/C8H12N2O4/c1-2-3-4-9-8(14)10-5-6(11)7(12)13/h6,11H,4-5H2,1H3,(H,12,13)(H2,9,10,14)/t6-/m0/s1. The van der Waals surface area contributed by atoms with Gasteiger partial charge in [0.1, 0.15) is 0 Å². The maximum Gasteiger partial charge on any atom is 0.334 e. The Balaban J connectivity index is 3.62. The van der Waals surface area contributed by atoms with Crippen molar-refractivity contribution in [3.05, 3.63) is 0 Å². The molecule has 0 radical (unpaired) electrons. The van der Waals surface area contributed by atoms with Crippen molar-refractivity contribution in [1.82, 2.24) is 10.6 Å². The molecule has 0 aromatic heterocycles. The Morgan fingerprint density at radius 3 is 2.57 bits per heavy atom. The number of aliphatic carboxylic acids is 1. The van der Waals surface area contributed by atoms with Crippen LogP contribution in [0.1, 0.15) is 6.92 Å². The molecule has 6 heteroatoms. The molecule has 0 heterocycles. The van der Waals surface area contributed by atoms with E-state index in [-0.39, 0.29) is 13.1 Å². The van der Waals surface area contributed by atoms with Crippen LogP contribution >= 0.6 is 0 Å². The van der Waals surface area contributed by atoms with Crippen LogP contribution in [0.5, 0.6) is 0 Å². The lowest BCUT2D eigenvalue weighted by Gasteiger charge is -2.07. The topological polar surface area (TPSA) is 98.7 Å². The van der Waals surface area contributed by atoms with Crippen LogP contribution in [0.4, 0.5) is 4.79 Å². The second-order valence-electron chi connectivity index (χ2n) is 2.34. The zero-order chi connectivity index (χ0) is 11.0. The first-order chi connectivity index (χ1) is 6.57. The Morgan fingerprint density at radius 1 is 1.43 bits per heavy atom. The van der Waals surface area contributed by atoms with Crippen molar-refractivity contribution >= 4 is 12.0 Å². The highest BCUT2D eigenvalue weighted by Gasteiger charge is 2.13. The number of hydrogen-bond donors (Lipinski definition) is 4. The minimum absolute atomic E-state index is 0.186. The number of amides is 2. The van der Waals surface area contributed by atoms with Crippen LogP contribution in [0.15, 0.2) is 0 Å². The Hall–Kier alpha value is -1.74. The number of nitrogens with one attached hydrogen (secondary N) is 2. The number of carbonyl (C=O) groups is 2. The average Bonchev–Trinajstić information content (AvgIpc) is 2.14. The van der Waals surface area contributed by atoms with Gasteiger partial charge in [-0.3, -0.25) is 0 Å². The van der Waals surface area contributed by atoms with Crippen molar-refractivity contribution in [1.29, 1.82) is 0 Å². The van der Waals surface area contributed by atoms with Gasteiger partial charge in [-0.05, 0) is 6.92 Å². The van der Waals surface area contributed by atoms with Crippen LogP contribution in [0, 0.1) is 11.8 Å². The number of aliphatic hydroxyl groups is 1. The van der Waals surface area contributed by atoms with Gasteiger partial charge in [0.15, 0.2) is 6.10 Å². The predicted octanol–water partition coefficient (Wildman–Crippen LogP) is -1.25. The zero-order valence-electron chi connectivity index (χ0n) is 7.70. The van der Waals surface area contributed by atoms with Crippen molar-refractivity contribution in [3.8, 4) is 11.8 Å². The molecule has 1 atom stereocenters. The van der Waals surface area contributed by atoms with Crippen LogP contribution in [0.25, 0.3) is 0 Å². The summed E-state index contributed by atoms with van der Waals surface area (Å²) in [5.74, 6) is 3.78. The number of hydrogen-bond acceptors (Lipinski definition) is 3. The van der Waals surface area contributed by atoms with E-state index in [1.165, 1.54) is 0 Å². The van der Waals surface area contributed by atoms with Gasteiger partial charge in [0, 0.05) is 0 Å². The Labute approximate surface area is 81.3 Å². The van der Waals surface area contributed by atoms with Crippen LogP contribution in [-0.2, 0) is 4.79 Å². The number of rotatable bonds is 4. The molecule has 0 saturated heterocycles. The summed E-state index contributed by atoms with van der Waals surface area (Å²) >= 11 is 0. The minimum Gasteiger partial charge on any atom is -0.479 e. The van der Waals surface area contributed by atoms with E-state index < -0.39 is 18.1 Å². The summed E-state index contributed by atoms with van der Waals surface area (Å²) in [5, 5.41) is 21.6. The lowest BCUT2D eigenvalue weighted by Crippen LogP contribution is -2.42. The van der Waals surface area contributed by atoms with E-state index in [4.69, 9.17) is 10.2 Å². The second kappa shape index (κ2) is 6.74. The summed E-state index contributed by atoms with van der Waals surface area (Å²) in [5.41, 5.74) is 0. The average molecular weight is 200 g/mol. The third-order valence-electron chi connectivity index (χ3n) is 1.26. The van der Waals surface area contributed by atoms with Crippen molar-refractivity contribution in [3.63, 3.8) is 0 Å². The van der Waals surface area contributed by atoms with Gasteiger partial charge in [-0.25, -0.2) is 9.59 Å². The van der Waals surface area contributed by atoms with Crippen LogP contribution in [0.2, 0.25) is 0 Å². The van der Waals surface area contributed by atoms with Gasteiger partial charge in [-0.2, -0.15) is 0 Å². The molecule has 14 heavy (non-hydrogen) atoms. The van der Waals surface area contributed by atoms with Crippen LogP contribution in [-0.4, -0.2) is 41.4 Å². The number of aliphatic hydroxyl groups excluding tert-OH is 1. The molecule has 0 saturated carbocycles. The maximum absolute atomic E-state index is 10.9. The SMILES string of the molecule is CC#CCNC(=O)NC[C@H](O)C(=O)O. The molecule has 0 aliphatic carbocycles. The fourth-order valence-corrected chi connectivity index (χ4v) is 0.552. The number of urea groups is 1. The quantitative estimate of drug-likeness (QED) is 0.426. The van der Waals surface area contributed by atoms with Gasteiger partial charge < -0.3 is 20.8 Å². The van der Waals surface area contributed by atoms with E-state index in [1.807, 2.05) is 0 Å². The molecule has 0 spiro atoms. The fourth-order valence-electron chi connectivity index (χ4n) is 0.552. The minimum atomic E-state index is -1.59. The van der Waals surface area contributed by atoms with Gasteiger partial charge in [0.25, 0.3) is 0 Å². The normalized spacial score (nSPS) is 10.7. The second-order valence-corrected chi connectivity index (χ2v) is 2.34. The molecule has 0 aliphatic heterocycles. The third-order valence-corrected chi connectivity index (χ3v) is 1.26. The van der Waals surface area contributed by atoms with E-state index in [0.29, 0.717) is 0 Å². The molecule has 6 nitrogen and oxygen atoms in total. The first-order valence-electron chi connectivity index (χ1n) is 3.90. The molecular formula is C8H12N2O4. The first-order valence-corrected chi connectivity index (χ1v) is 3.90. The number of carboxylic acid groups (broad SMARTS) is 1. The molecule has 0 aromatic carbocycles. The summed E-state index contributed by atoms with van der Waals surface area (Å²) in [6, 6.07) is -0.562. The Kier molecular flexibility index (Phi) is 5.90. The molecule has 0 fully saturated rings. The molecule has 0 rings (SSSR count). The first kappa shape index (κ1) is 12.3. The third kappa shape index (κ3) is 5.85. The monoisotopic (exact) mass is 200 g/mol. The maximum atomic E-state index is 10.9. The molecule has 78 valence electrons. The molecule has 0 aliphatic rings. The summed E-state index contributed by atoms with van der Waals surface area (Å²) in [6.45, 7) is 1.49. The van der Waals surface area contributed by atoms with Gasteiger partial charge in [0.05, 0.1) is 13.1 Å². The largest absolute Gasteiger partial charge is 0.479 e. The molecule has 4 N–H and O–H groups in total. The smallest absolute Gasteiger partial charge is 0.334 e. The van der Waals surface area contributed by atoms with E-state index in [2.05, 4.69) is 22.5 Å². The molecule has 0 unspecified atom stereocenters. The van der Waals surface area contributed by atoms with E-state index >= 15 is 0 Å². The fraction of sp³-hybridized carbons (Fsp3) is 0.500. The summed E-state index contributed by atoms with van der Waals surface area (Å²) in [4.78, 5) is 21.0. The molecular weight excluding hydrogens is 188 g/mol. The van der Waals surface area contributed by atoms with Crippen molar-refractivity contribution in [2.75, 3.05) is 13.1 Å². The zero-order valence-corrected chi connectivity index (χ0v) is 7.70. The molecule has 0 aromatic rings.